The molecule has 2 N–H and O–H groups in total. The Labute approximate surface area is 107 Å². The van der Waals surface area contributed by atoms with Gasteiger partial charge in [0.25, 0.3) is 0 Å². The Morgan fingerprint density at radius 3 is 2.76 bits per heavy atom. The first-order chi connectivity index (χ1) is 8.17. The number of nitrogens with two attached hydrogens (primary N) is 1. The first-order valence-electron chi connectivity index (χ1n) is 7.30. The number of hydrogen-bond acceptors (Lipinski definition) is 3. The van der Waals surface area contributed by atoms with Crippen molar-refractivity contribution in [2.45, 2.75) is 45.6 Å². The molecule has 0 aromatic heterocycles. The van der Waals surface area contributed by atoms with Crippen molar-refractivity contribution < 1.29 is 0 Å². The summed E-state index contributed by atoms with van der Waals surface area (Å²) in [5, 5.41) is 0. The highest BCUT2D eigenvalue weighted by molar-refractivity contribution is 4.77. The number of nitrogens with zero attached hydrogens (tertiary/aromatic N) is 2. The van der Waals surface area contributed by atoms with E-state index in [9.17, 15) is 0 Å². The van der Waals surface area contributed by atoms with Crippen LogP contribution in [0.15, 0.2) is 0 Å². The molecule has 0 bridgehead atoms. The summed E-state index contributed by atoms with van der Waals surface area (Å²) in [6.07, 6.45) is 5.17. The summed E-state index contributed by atoms with van der Waals surface area (Å²) in [4.78, 5) is 5.18. The molecule has 0 spiro atoms. The highest BCUT2D eigenvalue weighted by atomic mass is 15.2. The maximum Gasteiger partial charge on any atom is 0.0220 e. The third-order valence-corrected chi connectivity index (χ3v) is 4.04. The molecule has 0 radical (unpaired) electrons. The minimum absolute atomic E-state index is 0.685. The van der Waals surface area contributed by atoms with E-state index in [0.29, 0.717) is 5.92 Å². The lowest BCUT2D eigenvalue weighted by atomic mass is 10.1. The van der Waals surface area contributed by atoms with Crippen LogP contribution in [0.2, 0.25) is 0 Å². The monoisotopic (exact) mass is 241 g/mol. The van der Waals surface area contributed by atoms with Crippen LogP contribution in [0.4, 0.5) is 0 Å². The number of likely N-dealkylation sites (N-methyl/N-ethyl adjacent to an activating group) is 1. The third kappa shape index (κ3) is 5.36. The Bertz CT molecular complexity index is 196. The largest absolute Gasteiger partial charge is 0.330 e. The molecule has 1 aliphatic heterocycles. The van der Waals surface area contributed by atoms with Gasteiger partial charge in [-0.15, -0.1) is 0 Å². The highest BCUT2D eigenvalue weighted by Crippen LogP contribution is 2.14. The predicted octanol–water partition coefficient (Wildman–Crippen LogP) is 1.78. The second-order valence-electron chi connectivity index (χ2n) is 5.70. The first kappa shape index (κ1) is 14.9. The molecule has 2 atom stereocenters. The van der Waals surface area contributed by atoms with Crippen molar-refractivity contribution in [3.63, 3.8) is 0 Å². The molecule has 3 heteroatoms. The van der Waals surface area contributed by atoms with Crippen molar-refractivity contribution >= 4 is 0 Å². The first-order valence-corrected chi connectivity index (χ1v) is 7.30. The van der Waals surface area contributed by atoms with Crippen molar-refractivity contribution in [1.29, 1.82) is 0 Å². The van der Waals surface area contributed by atoms with Crippen LogP contribution in [-0.4, -0.2) is 55.6 Å². The summed E-state index contributed by atoms with van der Waals surface area (Å²) >= 11 is 0. The zero-order chi connectivity index (χ0) is 12.7. The van der Waals surface area contributed by atoms with Gasteiger partial charge < -0.3 is 10.6 Å². The quantitative estimate of drug-likeness (QED) is 0.769. The molecule has 1 rings (SSSR count). The van der Waals surface area contributed by atoms with Crippen molar-refractivity contribution in [1.82, 2.24) is 9.80 Å². The number of hydrogen-bond donors (Lipinski definition) is 1. The second kappa shape index (κ2) is 8.06. The fraction of sp³-hybridized carbons (Fsp3) is 1.00. The highest BCUT2D eigenvalue weighted by Gasteiger charge is 2.21. The lowest BCUT2D eigenvalue weighted by Gasteiger charge is -2.30. The smallest absolute Gasteiger partial charge is 0.0220 e. The number of rotatable bonds is 6. The Morgan fingerprint density at radius 2 is 2.12 bits per heavy atom. The van der Waals surface area contributed by atoms with Crippen molar-refractivity contribution in [2.75, 3.05) is 39.8 Å². The fourth-order valence-electron chi connectivity index (χ4n) is 2.74. The average molecular weight is 241 g/mol. The van der Waals surface area contributed by atoms with Gasteiger partial charge in [-0.1, -0.05) is 13.8 Å². The normalized spacial score (nSPS) is 25.8. The van der Waals surface area contributed by atoms with Gasteiger partial charge in [0, 0.05) is 12.6 Å². The van der Waals surface area contributed by atoms with Gasteiger partial charge >= 0.3 is 0 Å². The summed E-state index contributed by atoms with van der Waals surface area (Å²) in [7, 11) is 2.25. The maximum absolute atomic E-state index is 5.67. The standard InChI is InChI=1S/C14H31N3/c1-4-14-12-16(3)8-6-10-17(14)9-5-7-13(2)11-15/h13-14H,4-12,15H2,1-3H3. The lowest BCUT2D eigenvalue weighted by molar-refractivity contribution is 0.178. The molecule has 0 aromatic carbocycles. The van der Waals surface area contributed by atoms with Crippen molar-refractivity contribution in [3.8, 4) is 0 Å². The fourth-order valence-corrected chi connectivity index (χ4v) is 2.74. The summed E-state index contributed by atoms with van der Waals surface area (Å²) in [5.41, 5.74) is 5.67. The van der Waals surface area contributed by atoms with Gasteiger partial charge in [-0.05, 0) is 64.8 Å². The summed E-state index contributed by atoms with van der Waals surface area (Å²) in [6.45, 7) is 10.4. The zero-order valence-corrected chi connectivity index (χ0v) is 12.0. The molecule has 1 heterocycles. The van der Waals surface area contributed by atoms with Gasteiger partial charge in [0.2, 0.25) is 0 Å². The molecule has 0 aromatic rings. The molecule has 2 unspecified atom stereocenters. The Hall–Kier alpha value is -0.120. The van der Waals surface area contributed by atoms with Crippen LogP contribution >= 0.6 is 0 Å². The van der Waals surface area contributed by atoms with Crippen LogP contribution in [0.1, 0.15) is 39.5 Å². The van der Waals surface area contributed by atoms with E-state index in [1.54, 1.807) is 0 Å². The van der Waals surface area contributed by atoms with E-state index in [0.717, 1.165) is 12.6 Å². The van der Waals surface area contributed by atoms with Gasteiger partial charge in [-0.25, -0.2) is 0 Å². The molecular formula is C14H31N3. The molecule has 3 nitrogen and oxygen atoms in total. The van der Waals surface area contributed by atoms with E-state index >= 15 is 0 Å². The van der Waals surface area contributed by atoms with E-state index < -0.39 is 0 Å². The maximum atomic E-state index is 5.67. The van der Waals surface area contributed by atoms with E-state index in [4.69, 9.17) is 5.73 Å². The molecule has 17 heavy (non-hydrogen) atoms. The molecule has 1 aliphatic rings. The zero-order valence-electron chi connectivity index (χ0n) is 12.0. The molecule has 102 valence electrons. The Morgan fingerprint density at radius 1 is 1.35 bits per heavy atom. The van der Waals surface area contributed by atoms with Crippen LogP contribution in [0, 0.1) is 5.92 Å². The van der Waals surface area contributed by atoms with Crippen LogP contribution in [0.5, 0.6) is 0 Å². The molecule has 1 saturated heterocycles. The average Bonchev–Trinajstić information content (AvgIpc) is 2.50. The van der Waals surface area contributed by atoms with Crippen LogP contribution in [-0.2, 0) is 0 Å². The minimum atomic E-state index is 0.685. The van der Waals surface area contributed by atoms with Gasteiger partial charge in [-0.3, -0.25) is 4.90 Å². The molecule has 0 saturated carbocycles. The van der Waals surface area contributed by atoms with Crippen molar-refractivity contribution in [2.24, 2.45) is 11.7 Å². The van der Waals surface area contributed by atoms with E-state index in [1.807, 2.05) is 0 Å². The van der Waals surface area contributed by atoms with Gasteiger partial charge in [0.05, 0.1) is 0 Å². The van der Waals surface area contributed by atoms with E-state index in [2.05, 4.69) is 30.7 Å². The Kier molecular flexibility index (Phi) is 7.09. The summed E-state index contributed by atoms with van der Waals surface area (Å²) in [6, 6.07) is 0.760. The summed E-state index contributed by atoms with van der Waals surface area (Å²) in [5.74, 6) is 0.685. The predicted molar refractivity (Wildman–Crippen MR) is 75.2 cm³/mol. The van der Waals surface area contributed by atoms with E-state index in [-0.39, 0.29) is 0 Å². The molecule has 1 fully saturated rings. The lowest BCUT2D eigenvalue weighted by Crippen LogP contribution is -2.40. The van der Waals surface area contributed by atoms with Crippen molar-refractivity contribution in [3.05, 3.63) is 0 Å². The van der Waals surface area contributed by atoms with Gasteiger partial charge in [-0.2, -0.15) is 0 Å². The van der Waals surface area contributed by atoms with Gasteiger partial charge in [0.1, 0.15) is 0 Å². The molecular weight excluding hydrogens is 210 g/mol. The van der Waals surface area contributed by atoms with Crippen LogP contribution < -0.4 is 5.73 Å². The molecule has 0 amide bonds. The van der Waals surface area contributed by atoms with Gasteiger partial charge in [0.15, 0.2) is 0 Å². The Balaban J connectivity index is 2.33. The summed E-state index contributed by atoms with van der Waals surface area (Å²) < 4.78 is 0. The van der Waals surface area contributed by atoms with E-state index in [1.165, 1.54) is 51.9 Å². The third-order valence-electron chi connectivity index (χ3n) is 4.04. The molecule has 0 aliphatic carbocycles. The second-order valence-corrected chi connectivity index (χ2v) is 5.70. The van der Waals surface area contributed by atoms with Crippen LogP contribution in [0.3, 0.4) is 0 Å². The SMILES string of the molecule is CCC1CN(C)CCCN1CCCC(C)CN. The minimum Gasteiger partial charge on any atom is -0.330 e. The van der Waals surface area contributed by atoms with Crippen LogP contribution in [0.25, 0.3) is 0 Å². The topological polar surface area (TPSA) is 32.5 Å².